The fraction of sp³-hybridized carbons (Fsp3) is 0.822. The van der Waals surface area contributed by atoms with E-state index in [1.165, 1.54) is 109 Å². The molecular formula is C45H84NO8P. The molecule has 0 heterocycles. The van der Waals surface area contributed by atoms with E-state index in [0.29, 0.717) is 6.42 Å². The number of phosphoric ester groups is 1. The van der Waals surface area contributed by atoms with Gasteiger partial charge in [0.15, 0.2) is 6.10 Å². The third-order valence-corrected chi connectivity index (χ3v) is 10.5. The number of hydrogen-bond acceptors (Lipinski definition) is 8. The normalized spacial score (nSPS) is 13.6. The molecule has 0 aromatic heterocycles. The molecule has 0 radical (unpaired) electrons. The molecule has 0 aliphatic heterocycles. The molecule has 3 N–H and O–H groups in total. The summed E-state index contributed by atoms with van der Waals surface area (Å²) in [7, 11) is -4.38. The van der Waals surface area contributed by atoms with Crippen LogP contribution in [0.3, 0.4) is 0 Å². The van der Waals surface area contributed by atoms with E-state index in [2.05, 4.69) is 50.3 Å². The van der Waals surface area contributed by atoms with Crippen molar-refractivity contribution in [2.45, 2.75) is 213 Å². The molecule has 0 fully saturated rings. The van der Waals surface area contributed by atoms with Gasteiger partial charge in [0.1, 0.15) is 6.61 Å². The minimum absolute atomic E-state index is 0.0520. The van der Waals surface area contributed by atoms with Crippen molar-refractivity contribution in [1.82, 2.24) is 0 Å². The van der Waals surface area contributed by atoms with Gasteiger partial charge in [-0.05, 0) is 70.6 Å². The molecule has 0 aliphatic carbocycles. The summed E-state index contributed by atoms with van der Waals surface area (Å²) in [5, 5.41) is 0. The molecule has 55 heavy (non-hydrogen) atoms. The highest BCUT2D eigenvalue weighted by Crippen LogP contribution is 2.43. The lowest BCUT2D eigenvalue weighted by Gasteiger charge is -2.19. The molecule has 0 aromatic carbocycles. The highest BCUT2D eigenvalue weighted by molar-refractivity contribution is 7.47. The zero-order valence-corrected chi connectivity index (χ0v) is 36.3. The Morgan fingerprint density at radius 1 is 0.545 bits per heavy atom. The summed E-state index contributed by atoms with van der Waals surface area (Å²) in [6.07, 6.45) is 45.9. The first-order valence-electron chi connectivity index (χ1n) is 22.5. The zero-order chi connectivity index (χ0) is 40.3. The van der Waals surface area contributed by atoms with Crippen molar-refractivity contribution in [2.24, 2.45) is 5.73 Å². The average molecular weight is 798 g/mol. The molecule has 10 heteroatoms. The monoisotopic (exact) mass is 798 g/mol. The maximum atomic E-state index is 12.6. The number of nitrogens with two attached hydrogens (primary N) is 1. The third kappa shape index (κ3) is 41.7. The van der Waals surface area contributed by atoms with Gasteiger partial charge in [0.25, 0.3) is 0 Å². The first-order valence-corrected chi connectivity index (χ1v) is 24.0. The van der Waals surface area contributed by atoms with Crippen molar-refractivity contribution in [1.29, 1.82) is 0 Å². The second kappa shape index (κ2) is 41.9. The van der Waals surface area contributed by atoms with Crippen molar-refractivity contribution in [2.75, 3.05) is 26.4 Å². The molecule has 2 atom stereocenters. The summed E-state index contributed by atoms with van der Waals surface area (Å²) < 4.78 is 32.8. The van der Waals surface area contributed by atoms with Gasteiger partial charge in [0, 0.05) is 19.4 Å². The Hall–Kier alpha value is -1.77. The van der Waals surface area contributed by atoms with E-state index in [1.54, 1.807) is 0 Å². The smallest absolute Gasteiger partial charge is 0.462 e. The summed E-state index contributed by atoms with van der Waals surface area (Å²) >= 11 is 0. The average Bonchev–Trinajstić information content (AvgIpc) is 3.17. The van der Waals surface area contributed by atoms with Gasteiger partial charge in [-0.25, -0.2) is 4.57 Å². The number of rotatable bonds is 42. The second-order valence-electron chi connectivity index (χ2n) is 14.9. The fourth-order valence-corrected chi connectivity index (χ4v) is 6.89. The Balaban J connectivity index is 4.13. The van der Waals surface area contributed by atoms with Gasteiger partial charge in [-0.3, -0.25) is 18.6 Å². The lowest BCUT2D eigenvalue weighted by molar-refractivity contribution is -0.161. The van der Waals surface area contributed by atoms with Crippen LogP contribution in [0, 0.1) is 0 Å². The Labute approximate surface area is 337 Å². The predicted octanol–water partition coefficient (Wildman–Crippen LogP) is 12.9. The van der Waals surface area contributed by atoms with Crippen LogP contribution in [-0.2, 0) is 32.7 Å². The number of esters is 2. The largest absolute Gasteiger partial charge is 0.472 e. The molecule has 0 bridgehead atoms. The van der Waals surface area contributed by atoms with E-state index in [4.69, 9.17) is 24.3 Å². The molecular weight excluding hydrogens is 713 g/mol. The molecule has 0 amide bonds. The van der Waals surface area contributed by atoms with Crippen LogP contribution < -0.4 is 5.73 Å². The zero-order valence-electron chi connectivity index (χ0n) is 35.4. The first kappa shape index (κ1) is 53.2. The number of carbonyl (C=O) groups is 2. The maximum absolute atomic E-state index is 12.6. The molecule has 0 saturated heterocycles. The standard InChI is InChI=1S/C45H84NO8P/c1-3-5-7-9-11-13-15-17-19-20-21-22-24-26-28-30-32-34-36-38-45(48)54-43(42-53-55(49,50)52-40-39-46)41-51-44(47)37-35-33-31-29-27-25-23-18-16-14-12-10-8-6-4-2/h11,13-14,16-17,19,43H,3-10,12,15,18,20-42,46H2,1-2H3,(H,49,50)/t43-/m1/s1. The molecule has 0 saturated carbocycles. The molecule has 0 aliphatic rings. The lowest BCUT2D eigenvalue weighted by atomic mass is 10.1. The number of hydrogen-bond donors (Lipinski definition) is 2. The van der Waals surface area contributed by atoms with Crippen LogP contribution in [0.15, 0.2) is 36.5 Å². The number of unbranched alkanes of at least 4 members (excludes halogenated alkanes) is 23. The number of carbonyl (C=O) groups excluding carboxylic acids is 2. The molecule has 9 nitrogen and oxygen atoms in total. The highest BCUT2D eigenvalue weighted by atomic mass is 31.2. The van der Waals surface area contributed by atoms with Gasteiger partial charge < -0.3 is 20.1 Å². The number of allylic oxidation sites excluding steroid dienone is 6. The minimum Gasteiger partial charge on any atom is -0.462 e. The topological polar surface area (TPSA) is 134 Å². The maximum Gasteiger partial charge on any atom is 0.472 e. The van der Waals surface area contributed by atoms with E-state index in [-0.39, 0.29) is 38.6 Å². The van der Waals surface area contributed by atoms with E-state index in [0.717, 1.165) is 64.2 Å². The number of phosphoric acid groups is 1. The quantitative estimate of drug-likeness (QED) is 0.0268. The van der Waals surface area contributed by atoms with Crippen LogP contribution in [0.1, 0.15) is 206 Å². The highest BCUT2D eigenvalue weighted by Gasteiger charge is 2.26. The lowest BCUT2D eigenvalue weighted by Crippen LogP contribution is -2.29. The van der Waals surface area contributed by atoms with Crippen LogP contribution in [0.4, 0.5) is 0 Å². The van der Waals surface area contributed by atoms with Gasteiger partial charge >= 0.3 is 19.8 Å². The third-order valence-electron chi connectivity index (χ3n) is 9.50. The summed E-state index contributed by atoms with van der Waals surface area (Å²) in [4.78, 5) is 34.9. The number of ether oxygens (including phenoxy) is 2. The molecule has 0 aromatic rings. The minimum atomic E-state index is -4.38. The van der Waals surface area contributed by atoms with E-state index < -0.39 is 26.5 Å². The van der Waals surface area contributed by atoms with Crippen LogP contribution in [0.5, 0.6) is 0 Å². The van der Waals surface area contributed by atoms with Crippen LogP contribution in [0.2, 0.25) is 0 Å². The summed E-state index contributed by atoms with van der Waals surface area (Å²) in [6.45, 7) is 3.70. The van der Waals surface area contributed by atoms with Gasteiger partial charge in [0.2, 0.25) is 0 Å². The Bertz CT molecular complexity index is 1000. The molecule has 322 valence electrons. The summed E-state index contributed by atoms with van der Waals surface area (Å²) in [5.41, 5.74) is 5.35. The first-order chi connectivity index (χ1) is 26.8. The molecule has 0 spiro atoms. The van der Waals surface area contributed by atoms with Gasteiger partial charge in [-0.15, -0.1) is 0 Å². The van der Waals surface area contributed by atoms with Crippen molar-refractivity contribution in [3.8, 4) is 0 Å². The van der Waals surface area contributed by atoms with Crippen LogP contribution in [-0.4, -0.2) is 49.3 Å². The van der Waals surface area contributed by atoms with Crippen LogP contribution in [0.25, 0.3) is 0 Å². The predicted molar refractivity (Wildman–Crippen MR) is 229 cm³/mol. The van der Waals surface area contributed by atoms with Crippen molar-refractivity contribution in [3.05, 3.63) is 36.5 Å². The SMILES string of the molecule is CCCCCC=CCC=CCCCCCCCCCCCC(=O)O[C@H](COC(=O)CCCCCCCCCC=CCCCCCC)COP(=O)(O)OCCN. The Morgan fingerprint density at radius 3 is 1.44 bits per heavy atom. The van der Waals surface area contributed by atoms with Crippen molar-refractivity contribution in [3.63, 3.8) is 0 Å². The van der Waals surface area contributed by atoms with Crippen molar-refractivity contribution >= 4 is 19.8 Å². The van der Waals surface area contributed by atoms with Gasteiger partial charge in [-0.1, -0.05) is 159 Å². The fourth-order valence-electron chi connectivity index (χ4n) is 6.13. The molecule has 0 rings (SSSR count). The van der Waals surface area contributed by atoms with Gasteiger partial charge in [-0.2, -0.15) is 0 Å². The summed E-state index contributed by atoms with van der Waals surface area (Å²) in [5.74, 6) is -0.835. The van der Waals surface area contributed by atoms with E-state index in [9.17, 15) is 19.0 Å². The van der Waals surface area contributed by atoms with E-state index in [1.807, 2.05) is 0 Å². The second-order valence-corrected chi connectivity index (χ2v) is 16.4. The van der Waals surface area contributed by atoms with Crippen LogP contribution >= 0.6 is 7.82 Å². The Kier molecular flexibility index (Phi) is 40.5. The Morgan fingerprint density at radius 2 is 0.945 bits per heavy atom. The van der Waals surface area contributed by atoms with E-state index >= 15 is 0 Å². The van der Waals surface area contributed by atoms with Crippen molar-refractivity contribution < 1.29 is 37.6 Å². The molecule has 1 unspecified atom stereocenters. The van der Waals surface area contributed by atoms with Gasteiger partial charge in [0.05, 0.1) is 13.2 Å². The summed E-state index contributed by atoms with van der Waals surface area (Å²) in [6, 6.07) is 0.